The molecule has 0 aromatic carbocycles. The van der Waals surface area contributed by atoms with Crippen molar-refractivity contribution in [2.45, 2.75) is 51.6 Å². The van der Waals surface area contributed by atoms with Gasteiger partial charge in [-0.05, 0) is 26.2 Å². The lowest BCUT2D eigenvalue weighted by Gasteiger charge is -2.39. The highest BCUT2D eigenvalue weighted by Gasteiger charge is 2.25. The smallest absolute Gasteiger partial charge is 0.134 e. The summed E-state index contributed by atoms with van der Waals surface area (Å²) in [5, 5.41) is 0. The fourth-order valence-electron chi connectivity index (χ4n) is 2.19. The van der Waals surface area contributed by atoms with Crippen LogP contribution in [0.15, 0.2) is 0 Å². The van der Waals surface area contributed by atoms with Crippen molar-refractivity contribution >= 4 is 6.29 Å². The van der Waals surface area contributed by atoms with Gasteiger partial charge in [0.05, 0.1) is 6.54 Å². The number of rotatable bonds is 3. The third-order valence-electron chi connectivity index (χ3n) is 2.95. The Hall–Kier alpha value is -0.370. The van der Waals surface area contributed by atoms with Gasteiger partial charge in [0.2, 0.25) is 0 Å². The largest absolute Gasteiger partial charge is 0.302 e. The molecule has 0 radical (unpaired) electrons. The van der Waals surface area contributed by atoms with E-state index < -0.39 is 0 Å². The molecule has 0 aromatic rings. The quantitative estimate of drug-likeness (QED) is 0.601. The lowest BCUT2D eigenvalue weighted by Crippen LogP contribution is -2.45. The van der Waals surface area contributed by atoms with Gasteiger partial charge in [0, 0.05) is 12.1 Å². The number of carbonyl (C=O) groups excluding carboxylic acids is 1. The Morgan fingerprint density at radius 3 is 2.83 bits per heavy atom. The molecule has 0 N–H and O–H groups in total. The average molecular weight is 169 g/mol. The average Bonchev–Trinajstić information content (AvgIpc) is 2.09. The Labute approximate surface area is 74.9 Å². The van der Waals surface area contributed by atoms with E-state index in [0.717, 1.165) is 6.29 Å². The monoisotopic (exact) mass is 169 g/mol. The summed E-state index contributed by atoms with van der Waals surface area (Å²) in [5.74, 6) is 0. The van der Waals surface area contributed by atoms with E-state index in [2.05, 4.69) is 18.7 Å². The Balaban J connectivity index is 2.52. The Morgan fingerprint density at radius 2 is 2.25 bits per heavy atom. The van der Waals surface area contributed by atoms with Crippen molar-refractivity contribution in [3.05, 3.63) is 0 Å². The first-order chi connectivity index (χ1) is 5.79. The van der Waals surface area contributed by atoms with E-state index in [1.807, 2.05) is 0 Å². The van der Waals surface area contributed by atoms with Crippen molar-refractivity contribution in [2.75, 3.05) is 6.54 Å². The second-order valence-electron chi connectivity index (χ2n) is 3.71. The molecule has 0 bridgehead atoms. The lowest BCUT2D eigenvalue weighted by atomic mass is 9.95. The fourth-order valence-corrected chi connectivity index (χ4v) is 2.19. The molecule has 0 aliphatic carbocycles. The summed E-state index contributed by atoms with van der Waals surface area (Å²) in [6.45, 7) is 5.06. The molecule has 1 aliphatic heterocycles. The number of carbonyl (C=O) groups is 1. The van der Waals surface area contributed by atoms with Crippen molar-refractivity contribution in [2.24, 2.45) is 0 Å². The van der Waals surface area contributed by atoms with E-state index in [9.17, 15) is 4.79 Å². The molecule has 1 fully saturated rings. The zero-order valence-corrected chi connectivity index (χ0v) is 8.12. The van der Waals surface area contributed by atoms with Gasteiger partial charge in [-0.25, -0.2) is 0 Å². The minimum absolute atomic E-state index is 0.605. The molecule has 1 heterocycles. The van der Waals surface area contributed by atoms with Gasteiger partial charge in [-0.2, -0.15) is 0 Å². The van der Waals surface area contributed by atoms with Gasteiger partial charge in [-0.15, -0.1) is 0 Å². The number of nitrogens with zero attached hydrogens (tertiary/aromatic N) is 1. The lowest BCUT2D eigenvalue weighted by molar-refractivity contribution is -0.110. The van der Waals surface area contributed by atoms with E-state index in [-0.39, 0.29) is 0 Å². The summed E-state index contributed by atoms with van der Waals surface area (Å²) in [5.41, 5.74) is 0. The van der Waals surface area contributed by atoms with E-state index in [1.54, 1.807) is 0 Å². The molecular formula is C10H19NO. The molecule has 2 nitrogen and oxygen atoms in total. The summed E-state index contributed by atoms with van der Waals surface area (Å²) in [6.07, 6.45) is 6.07. The maximum Gasteiger partial charge on any atom is 0.134 e. The number of piperidine rings is 1. The van der Waals surface area contributed by atoms with Crippen LogP contribution in [-0.4, -0.2) is 29.8 Å². The molecule has 12 heavy (non-hydrogen) atoms. The van der Waals surface area contributed by atoms with E-state index in [1.165, 1.54) is 25.7 Å². The van der Waals surface area contributed by atoms with Crippen molar-refractivity contribution in [1.29, 1.82) is 0 Å². The molecular weight excluding hydrogens is 150 g/mol. The van der Waals surface area contributed by atoms with Crippen LogP contribution >= 0.6 is 0 Å². The summed E-state index contributed by atoms with van der Waals surface area (Å²) < 4.78 is 0. The maximum absolute atomic E-state index is 10.4. The van der Waals surface area contributed by atoms with Crippen LogP contribution in [0.2, 0.25) is 0 Å². The van der Waals surface area contributed by atoms with E-state index in [0.29, 0.717) is 18.6 Å². The van der Waals surface area contributed by atoms with E-state index in [4.69, 9.17) is 0 Å². The van der Waals surface area contributed by atoms with Gasteiger partial charge in [0.15, 0.2) is 0 Å². The van der Waals surface area contributed by atoms with Crippen LogP contribution < -0.4 is 0 Å². The van der Waals surface area contributed by atoms with Crippen LogP contribution in [0.4, 0.5) is 0 Å². The standard InChI is InChI=1S/C10H19NO/c1-3-10-6-4-5-9(2)11(10)7-8-12/h8-10H,3-7H2,1-2H3/t9-,10+/m1/s1. The van der Waals surface area contributed by atoms with E-state index >= 15 is 0 Å². The van der Waals surface area contributed by atoms with Crippen molar-refractivity contribution in [3.8, 4) is 0 Å². The highest BCUT2D eigenvalue weighted by atomic mass is 16.1. The number of hydrogen-bond donors (Lipinski definition) is 0. The molecule has 0 saturated carbocycles. The van der Waals surface area contributed by atoms with Crippen LogP contribution in [-0.2, 0) is 4.79 Å². The second kappa shape index (κ2) is 4.61. The summed E-state index contributed by atoms with van der Waals surface area (Å²) in [4.78, 5) is 12.8. The van der Waals surface area contributed by atoms with Crippen molar-refractivity contribution in [1.82, 2.24) is 4.90 Å². The molecule has 1 rings (SSSR count). The number of hydrogen-bond acceptors (Lipinski definition) is 2. The highest BCUT2D eigenvalue weighted by molar-refractivity contribution is 5.52. The second-order valence-corrected chi connectivity index (χ2v) is 3.71. The molecule has 2 atom stereocenters. The first-order valence-electron chi connectivity index (χ1n) is 4.99. The Bertz CT molecular complexity index is 147. The molecule has 0 aromatic heterocycles. The summed E-state index contributed by atoms with van der Waals surface area (Å²) >= 11 is 0. The molecule has 1 aliphatic rings. The zero-order valence-electron chi connectivity index (χ0n) is 8.12. The maximum atomic E-state index is 10.4. The van der Waals surface area contributed by atoms with Gasteiger partial charge in [-0.1, -0.05) is 13.3 Å². The third-order valence-corrected chi connectivity index (χ3v) is 2.95. The van der Waals surface area contributed by atoms with Gasteiger partial charge in [0.1, 0.15) is 6.29 Å². The van der Waals surface area contributed by atoms with Crippen LogP contribution in [0.3, 0.4) is 0 Å². The van der Waals surface area contributed by atoms with Crippen LogP contribution in [0.1, 0.15) is 39.5 Å². The normalized spacial score (nSPS) is 31.8. The number of aldehydes is 1. The molecule has 1 saturated heterocycles. The predicted octanol–water partition coefficient (Wildman–Crippen LogP) is 1.84. The Kier molecular flexibility index (Phi) is 3.73. The summed E-state index contributed by atoms with van der Waals surface area (Å²) in [6, 6.07) is 1.26. The van der Waals surface area contributed by atoms with Gasteiger partial charge in [-0.3, -0.25) is 4.90 Å². The van der Waals surface area contributed by atoms with Gasteiger partial charge < -0.3 is 4.79 Å². The Morgan fingerprint density at radius 1 is 1.50 bits per heavy atom. The topological polar surface area (TPSA) is 20.3 Å². The van der Waals surface area contributed by atoms with Gasteiger partial charge in [0.25, 0.3) is 0 Å². The first kappa shape index (κ1) is 9.72. The van der Waals surface area contributed by atoms with Crippen molar-refractivity contribution in [3.63, 3.8) is 0 Å². The summed E-state index contributed by atoms with van der Waals surface area (Å²) in [7, 11) is 0. The third kappa shape index (κ3) is 2.07. The molecule has 0 amide bonds. The SMILES string of the molecule is CC[C@H]1CCC[C@@H](C)N1CC=O. The minimum Gasteiger partial charge on any atom is -0.302 e. The van der Waals surface area contributed by atoms with Gasteiger partial charge >= 0.3 is 0 Å². The van der Waals surface area contributed by atoms with Crippen LogP contribution in [0.25, 0.3) is 0 Å². The highest BCUT2D eigenvalue weighted by Crippen LogP contribution is 2.23. The molecule has 70 valence electrons. The number of likely N-dealkylation sites (tertiary alicyclic amines) is 1. The molecule has 2 heteroatoms. The molecule has 0 spiro atoms. The first-order valence-corrected chi connectivity index (χ1v) is 4.99. The molecule has 0 unspecified atom stereocenters. The predicted molar refractivity (Wildman–Crippen MR) is 50.2 cm³/mol. The fraction of sp³-hybridized carbons (Fsp3) is 0.900. The van der Waals surface area contributed by atoms with Crippen LogP contribution in [0, 0.1) is 0 Å². The van der Waals surface area contributed by atoms with Crippen LogP contribution in [0.5, 0.6) is 0 Å². The minimum atomic E-state index is 0.605. The zero-order chi connectivity index (χ0) is 8.97. The van der Waals surface area contributed by atoms with Crippen molar-refractivity contribution < 1.29 is 4.79 Å².